The van der Waals surface area contributed by atoms with Crippen molar-refractivity contribution in [3.05, 3.63) is 0 Å². The fraction of sp³-hybridized carbons (Fsp3) is 0.889. The van der Waals surface area contributed by atoms with Crippen LogP contribution in [0.1, 0.15) is 27.2 Å². The Labute approximate surface area is 79.5 Å². The number of thioether (sulfide) groups is 1. The summed E-state index contributed by atoms with van der Waals surface area (Å²) in [6.45, 7) is 6.15. The van der Waals surface area contributed by atoms with E-state index < -0.39 is 0 Å². The summed E-state index contributed by atoms with van der Waals surface area (Å²) < 4.78 is 0. The second-order valence-electron chi connectivity index (χ2n) is 3.23. The number of carbonyl (C=O) groups excluding carboxylic acids is 1. The highest BCUT2D eigenvalue weighted by molar-refractivity contribution is 7.98. The SMILES string of the molecule is CCC(=O)NC(CSC)C(C)C. The van der Waals surface area contributed by atoms with Gasteiger partial charge >= 0.3 is 0 Å². The fourth-order valence-corrected chi connectivity index (χ4v) is 1.72. The molecule has 3 heteroatoms. The third kappa shape index (κ3) is 4.65. The van der Waals surface area contributed by atoms with Crippen LogP contribution in [0, 0.1) is 5.92 Å². The normalized spacial score (nSPS) is 13.1. The zero-order valence-corrected chi connectivity index (χ0v) is 9.20. The molecule has 0 fully saturated rings. The molecule has 72 valence electrons. The highest BCUT2D eigenvalue weighted by atomic mass is 32.2. The molecule has 1 unspecified atom stereocenters. The maximum Gasteiger partial charge on any atom is 0.219 e. The Morgan fingerprint density at radius 3 is 2.42 bits per heavy atom. The summed E-state index contributed by atoms with van der Waals surface area (Å²) >= 11 is 1.78. The highest BCUT2D eigenvalue weighted by Crippen LogP contribution is 2.07. The van der Waals surface area contributed by atoms with E-state index in [1.807, 2.05) is 6.92 Å². The van der Waals surface area contributed by atoms with Crippen LogP contribution >= 0.6 is 11.8 Å². The zero-order valence-electron chi connectivity index (χ0n) is 8.39. The molecule has 0 aliphatic carbocycles. The molecule has 0 aliphatic rings. The fourth-order valence-electron chi connectivity index (χ4n) is 0.889. The van der Waals surface area contributed by atoms with Crippen molar-refractivity contribution in [2.45, 2.75) is 33.2 Å². The maximum atomic E-state index is 11.1. The van der Waals surface area contributed by atoms with Crippen molar-refractivity contribution in [2.24, 2.45) is 5.92 Å². The Morgan fingerprint density at radius 2 is 2.08 bits per heavy atom. The van der Waals surface area contributed by atoms with Crippen LogP contribution in [-0.4, -0.2) is 24.0 Å². The van der Waals surface area contributed by atoms with Gasteiger partial charge in [0, 0.05) is 18.2 Å². The average Bonchev–Trinajstić information content (AvgIpc) is 2.03. The first-order valence-electron chi connectivity index (χ1n) is 4.40. The molecule has 12 heavy (non-hydrogen) atoms. The first-order chi connectivity index (χ1) is 5.61. The topological polar surface area (TPSA) is 29.1 Å². The van der Waals surface area contributed by atoms with Crippen LogP contribution in [0.2, 0.25) is 0 Å². The van der Waals surface area contributed by atoms with Crippen LogP contribution in [0.3, 0.4) is 0 Å². The van der Waals surface area contributed by atoms with Crippen LogP contribution in [0.15, 0.2) is 0 Å². The van der Waals surface area contributed by atoms with E-state index >= 15 is 0 Å². The lowest BCUT2D eigenvalue weighted by atomic mass is 10.1. The van der Waals surface area contributed by atoms with Crippen LogP contribution in [0.5, 0.6) is 0 Å². The number of carbonyl (C=O) groups is 1. The highest BCUT2D eigenvalue weighted by Gasteiger charge is 2.13. The molecular formula is C9H19NOS. The summed E-state index contributed by atoms with van der Waals surface area (Å²) in [5.74, 6) is 1.68. The standard InChI is InChI=1S/C9H19NOS/c1-5-9(11)10-8(6-12-4)7(2)3/h7-8H,5-6H2,1-4H3,(H,10,11). The minimum atomic E-state index is 0.155. The molecule has 0 rings (SSSR count). The molecule has 1 N–H and O–H groups in total. The van der Waals surface area contributed by atoms with Gasteiger partial charge in [-0.1, -0.05) is 20.8 Å². The van der Waals surface area contributed by atoms with Crippen LogP contribution in [-0.2, 0) is 4.79 Å². The quantitative estimate of drug-likeness (QED) is 0.715. The average molecular weight is 189 g/mol. The molecule has 0 saturated carbocycles. The van der Waals surface area contributed by atoms with E-state index in [1.54, 1.807) is 11.8 Å². The smallest absolute Gasteiger partial charge is 0.219 e. The zero-order chi connectivity index (χ0) is 9.56. The van der Waals surface area contributed by atoms with Gasteiger partial charge in [0.05, 0.1) is 0 Å². The predicted molar refractivity (Wildman–Crippen MR) is 55.4 cm³/mol. The first kappa shape index (κ1) is 11.8. The van der Waals surface area contributed by atoms with Gasteiger partial charge < -0.3 is 5.32 Å². The number of nitrogens with one attached hydrogen (secondary N) is 1. The number of hydrogen-bond donors (Lipinski definition) is 1. The second-order valence-corrected chi connectivity index (χ2v) is 4.14. The summed E-state index contributed by atoms with van der Waals surface area (Å²) in [7, 11) is 0. The lowest BCUT2D eigenvalue weighted by Crippen LogP contribution is -2.39. The van der Waals surface area contributed by atoms with Gasteiger partial charge in [0.25, 0.3) is 0 Å². The Bertz CT molecular complexity index is 136. The van der Waals surface area contributed by atoms with Gasteiger partial charge in [-0.15, -0.1) is 0 Å². The van der Waals surface area contributed by atoms with Crippen molar-refractivity contribution in [2.75, 3.05) is 12.0 Å². The van der Waals surface area contributed by atoms with Gasteiger partial charge in [-0.05, 0) is 12.2 Å². The molecule has 0 bridgehead atoms. The van der Waals surface area contributed by atoms with Crippen molar-refractivity contribution < 1.29 is 4.79 Å². The maximum absolute atomic E-state index is 11.1. The van der Waals surface area contributed by atoms with E-state index in [9.17, 15) is 4.79 Å². The van der Waals surface area contributed by atoms with Gasteiger partial charge in [0.1, 0.15) is 0 Å². The van der Waals surface area contributed by atoms with Gasteiger partial charge in [-0.25, -0.2) is 0 Å². The molecule has 0 aromatic carbocycles. The largest absolute Gasteiger partial charge is 0.352 e. The van der Waals surface area contributed by atoms with Gasteiger partial charge in [0.15, 0.2) is 0 Å². The second kappa shape index (κ2) is 6.35. The predicted octanol–water partition coefficient (Wildman–Crippen LogP) is 1.90. The third-order valence-electron chi connectivity index (χ3n) is 1.82. The molecule has 0 aliphatic heterocycles. The van der Waals surface area contributed by atoms with Crippen molar-refractivity contribution >= 4 is 17.7 Å². The molecular weight excluding hydrogens is 170 g/mol. The van der Waals surface area contributed by atoms with Crippen molar-refractivity contribution in [3.63, 3.8) is 0 Å². The minimum Gasteiger partial charge on any atom is -0.352 e. The minimum absolute atomic E-state index is 0.155. The van der Waals surface area contributed by atoms with Crippen molar-refractivity contribution in [3.8, 4) is 0 Å². The van der Waals surface area contributed by atoms with Crippen molar-refractivity contribution in [1.82, 2.24) is 5.32 Å². The summed E-state index contributed by atoms with van der Waals surface area (Å²) in [6, 6.07) is 0.326. The van der Waals surface area contributed by atoms with E-state index in [0.29, 0.717) is 18.4 Å². The molecule has 1 atom stereocenters. The summed E-state index contributed by atoms with van der Waals surface area (Å²) in [4.78, 5) is 11.1. The summed E-state index contributed by atoms with van der Waals surface area (Å²) in [5, 5.41) is 3.01. The molecule has 0 saturated heterocycles. The van der Waals surface area contributed by atoms with E-state index in [0.717, 1.165) is 5.75 Å². The molecule has 2 nitrogen and oxygen atoms in total. The Kier molecular flexibility index (Phi) is 6.25. The van der Waals surface area contributed by atoms with Gasteiger partial charge in [-0.3, -0.25) is 4.79 Å². The third-order valence-corrected chi connectivity index (χ3v) is 2.51. The lowest BCUT2D eigenvalue weighted by molar-refractivity contribution is -0.121. The van der Waals surface area contributed by atoms with E-state index in [4.69, 9.17) is 0 Å². The Balaban J connectivity index is 3.86. The van der Waals surface area contributed by atoms with E-state index in [1.165, 1.54) is 0 Å². The first-order valence-corrected chi connectivity index (χ1v) is 5.79. The monoisotopic (exact) mass is 189 g/mol. The van der Waals surface area contributed by atoms with E-state index in [-0.39, 0.29) is 5.91 Å². The summed E-state index contributed by atoms with van der Waals surface area (Å²) in [6.07, 6.45) is 2.64. The molecule has 0 radical (unpaired) electrons. The van der Waals surface area contributed by atoms with Gasteiger partial charge in [0.2, 0.25) is 5.91 Å². The Hall–Kier alpha value is -0.180. The molecule has 1 amide bonds. The molecule has 0 spiro atoms. The summed E-state index contributed by atoms with van der Waals surface area (Å²) in [5.41, 5.74) is 0. The van der Waals surface area contributed by atoms with Crippen LogP contribution in [0.4, 0.5) is 0 Å². The number of amides is 1. The molecule has 0 heterocycles. The molecule has 0 aromatic heterocycles. The number of hydrogen-bond acceptors (Lipinski definition) is 2. The molecule has 0 aromatic rings. The van der Waals surface area contributed by atoms with Crippen LogP contribution < -0.4 is 5.32 Å². The number of rotatable bonds is 5. The van der Waals surface area contributed by atoms with E-state index in [2.05, 4.69) is 25.4 Å². The van der Waals surface area contributed by atoms with Crippen LogP contribution in [0.25, 0.3) is 0 Å². The van der Waals surface area contributed by atoms with Crippen molar-refractivity contribution in [1.29, 1.82) is 0 Å². The van der Waals surface area contributed by atoms with Gasteiger partial charge in [-0.2, -0.15) is 11.8 Å². The lowest BCUT2D eigenvalue weighted by Gasteiger charge is -2.20. The Morgan fingerprint density at radius 1 is 1.50 bits per heavy atom.